The summed E-state index contributed by atoms with van der Waals surface area (Å²) in [6, 6.07) is 13.4. The highest BCUT2D eigenvalue weighted by Gasteiger charge is 2.12. The molecule has 0 aromatic heterocycles. The molecule has 2 aromatic rings. The van der Waals surface area contributed by atoms with Crippen molar-refractivity contribution in [1.82, 2.24) is 5.43 Å². The van der Waals surface area contributed by atoms with Crippen LogP contribution in [0.1, 0.15) is 12.5 Å². The second kappa shape index (κ2) is 10.1. The fourth-order valence-corrected chi connectivity index (χ4v) is 3.27. The van der Waals surface area contributed by atoms with Crippen LogP contribution in [-0.2, 0) is 4.79 Å². The van der Waals surface area contributed by atoms with Crippen molar-refractivity contribution in [2.45, 2.75) is 6.92 Å². The van der Waals surface area contributed by atoms with Crippen molar-refractivity contribution < 1.29 is 14.3 Å². The maximum Gasteiger partial charge on any atom is 0.277 e. The van der Waals surface area contributed by atoms with E-state index in [1.807, 2.05) is 48.6 Å². The zero-order chi connectivity index (χ0) is 18.9. The van der Waals surface area contributed by atoms with Gasteiger partial charge in [-0.1, -0.05) is 52.3 Å². The van der Waals surface area contributed by atoms with Gasteiger partial charge >= 0.3 is 0 Å². The number of benzene rings is 2. The SMILES string of the molecule is COc1cc(Br)cc(Br)c1OCC(=O)NN=C(C)C=Cc1ccccc1. The Labute approximate surface area is 169 Å². The first-order valence-corrected chi connectivity index (χ1v) is 9.30. The number of methoxy groups -OCH3 is 1. The van der Waals surface area contributed by atoms with Crippen molar-refractivity contribution in [3.05, 3.63) is 63.0 Å². The van der Waals surface area contributed by atoms with E-state index in [1.165, 1.54) is 7.11 Å². The number of halogens is 2. The second-order valence-corrected chi connectivity index (χ2v) is 7.01. The third kappa shape index (κ3) is 6.31. The normalized spacial score (nSPS) is 11.5. The number of ether oxygens (including phenoxy) is 2. The molecule has 0 aliphatic rings. The molecule has 0 unspecified atom stereocenters. The predicted molar refractivity (Wildman–Crippen MR) is 111 cm³/mol. The molecule has 0 aliphatic carbocycles. The van der Waals surface area contributed by atoms with E-state index in [-0.39, 0.29) is 12.5 Å². The lowest BCUT2D eigenvalue weighted by Gasteiger charge is -2.12. The van der Waals surface area contributed by atoms with Crippen molar-refractivity contribution in [2.24, 2.45) is 5.10 Å². The Kier molecular flexibility index (Phi) is 7.87. The lowest BCUT2D eigenvalue weighted by Crippen LogP contribution is -2.25. The highest BCUT2D eigenvalue weighted by atomic mass is 79.9. The molecule has 1 N–H and O–H groups in total. The van der Waals surface area contributed by atoms with Crippen LogP contribution in [0.3, 0.4) is 0 Å². The molecule has 5 nitrogen and oxygen atoms in total. The van der Waals surface area contributed by atoms with E-state index in [1.54, 1.807) is 13.0 Å². The summed E-state index contributed by atoms with van der Waals surface area (Å²) in [7, 11) is 1.54. The molecule has 0 saturated carbocycles. The van der Waals surface area contributed by atoms with Gasteiger partial charge in [0.15, 0.2) is 18.1 Å². The second-order valence-electron chi connectivity index (χ2n) is 5.24. The van der Waals surface area contributed by atoms with E-state index >= 15 is 0 Å². The van der Waals surface area contributed by atoms with Crippen LogP contribution in [0.4, 0.5) is 0 Å². The average Bonchev–Trinajstić information content (AvgIpc) is 2.64. The predicted octanol–water partition coefficient (Wildman–Crippen LogP) is 4.80. The number of carbonyl (C=O) groups excluding carboxylic acids is 1. The van der Waals surface area contributed by atoms with Crippen LogP contribution in [-0.4, -0.2) is 25.3 Å². The van der Waals surface area contributed by atoms with Gasteiger partial charge in [0, 0.05) is 4.47 Å². The number of allylic oxidation sites excluding steroid dienone is 1. The van der Waals surface area contributed by atoms with Gasteiger partial charge in [-0.2, -0.15) is 5.10 Å². The van der Waals surface area contributed by atoms with Crippen molar-refractivity contribution in [3.8, 4) is 11.5 Å². The smallest absolute Gasteiger partial charge is 0.277 e. The van der Waals surface area contributed by atoms with E-state index < -0.39 is 0 Å². The number of hydrogen-bond donors (Lipinski definition) is 1. The van der Waals surface area contributed by atoms with E-state index in [0.29, 0.717) is 21.7 Å². The van der Waals surface area contributed by atoms with E-state index in [4.69, 9.17) is 9.47 Å². The summed E-state index contributed by atoms with van der Waals surface area (Å²) < 4.78 is 12.3. The summed E-state index contributed by atoms with van der Waals surface area (Å²) in [4.78, 5) is 11.9. The molecule has 0 radical (unpaired) electrons. The highest BCUT2D eigenvalue weighted by molar-refractivity contribution is 9.11. The number of rotatable bonds is 7. The molecule has 0 atom stereocenters. The highest BCUT2D eigenvalue weighted by Crippen LogP contribution is 2.38. The minimum Gasteiger partial charge on any atom is -0.493 e. The number of hydrogen-bond acceptors (Lipinski definition) is 4. The fraction of sp³-hybridized carbons (Fsp3) is 0.158. The Morgan fingerprint density at radius 1 is 1.23 bits per heavy atom. The summed E-state index contributed by atoms with van der Waals surface area (Å²) in [6.07, 6.45) is 3.75. The lowest BCUT2D eigenvalue weighted by molar-refractivity contribution is -0.123. The monoisotopic (exact) mass is 480 g/mol. The van der Waals surface area contributed by atoms with Crippen molar-refractivity contribution in [2.75, 3.05) is 13.7 Å². The third-order valence-corrected chi connectivity index (χ3v) is 4.26. The first-order valence-electron chi connectivity index (χ1n) is 7.71. The number of nitrogens with one attached hydrogen (secondary N) is 1. The summed E-state index contributed by atoms with van der Waals surface area (Å²) >= 11 is 6.76. The number of carbonyl (C=O) groups is 1. The van der Waals surface area contributed by atoms with E-state index in [0.717, 1.165) is 10.0 Å². The molecule has 2 aromatic carbocycles. The molecule has 0 bridgehead atoms. The largest absolute Gasteiger partial charge is 0.493 e. The molecular weight excluding hydrogens is 464 g/mol. The van der Waals surface area contributed by atoms with Crippen LogP contribution in [0.5, 0.6) is 11.5 Å². The van der Waals surface area contributed by atoms with Crippen molar-refractivity contribution >= 4 is 49.6 Å². The zero-order valence-corrected chi connectivity index (χ0v) is 17.5. The van der Waals surface area contributed by atoms with Crippen molar-refractivity contribution in [1.29, 1.82) is 0 Å². The first kappa shape index (κ1) is 20.2. The van der Waals surface area contributed by atoms with Crippen LogP contribution in [0, 0.1) is 0 Å². The maximum absolute atomic E-state index is 11.9. The van der Waals surface area contributed by atoms with Crippen LogP contribution in [0.25, 0.3) is 6.08 Å². The summed E-state index contributed by atoms with van der Waals surface area (Å²) in [6.45, 7) is 1.62. The quantitative estimate of drug-likeness (QED) is 0.456. The van der Waals surface area contributed by atoms with Crippen LogP contribution >= 0.6 is 31.9 Å². The Hall–Kier alpha value is -2.12. The third-order valence-electron chi connectivity index (χ3n) is 3.22. The molecule has 0 aliphatic heterocycles. The standard InChI is InChI=1S/C19H18Br2N2O3/c1-13(8-9-14-6-4-3-5-7-14)22-23-18(24)12-26-19-16(21)10-15(20)11-17(19)25-2/h3-11H,12H2,1-2H3,(H,23,24). The van der Waals surface area contributed by atoms with Gasteiger partial charge in [-0.15, -0.1) is 0 Å². The molecule has 7 heteroatoms. The molecule has 1 amide bonds. The van der Waals surface area contributed by atoms with Gasteiger partial charge in [-0.3, -0.25) is 4.79 Å². The zero-order valence-electron chi connectivity index (χ0n) is 14.3. The van der Waals surface area contributed by atoms with Gasteiger partial charge in [-0.05, 0) is 46.6 Å². The number of hydrazone groups is 1. The molecule has 2 rings (SSSR count). The van der Waals surface area contributed by atoms with Crippen LogP contribution < -0.4 is 14.9 Å². The Bertz CT molecular complexity index is 821. The topological polar surface area (TPSA) is 59.9 Å². The van der Waals surface area contributed by atoms with E-state index in [9.17, 15) is 4.79 Å². The molecule has 0 spiro atoms. The van der Waals surface area contributed by atoms with Gasteiger partial charge in [0.05, 0.1) is 17.3 Å². The van der Waals surface area contributed by atoms with Crippen LogP contribution in [0.2, 0.25) is 0 Å². The van der Waals surface area contributed by atoms with Gasteiger partial charge in [-0.25, -0.2) is 5.43 Å². The Morgan fingerprint density at radius 2 is 1.96 bits per heavy atom. The molecule has 136 valence electrons. The van der Waals surface area contributed by atoms with Crippen LogP contribution in [0.15, 0.2) is 62.6 Å². The molecular formula is C19H18Br2N2O3. The van der Waals surface area contributed by atoms with Gasteiger partial charge in [0.25, 0.3) is 5.91 Å². The van der Waals surface area contributed by atoms with Gasteiger partial charge in [0.2, 0.25) is 0 Å². The minimum absolute atomic E-state index is 0.185. The average molecular weight is 482 g/mol. The number of nitrogens with zero attached hydrogens (tertiary/aromatic N) is 1. The summed E-state index contributed by atoms with van der Waals surface area (Å²) in [5.41, 5.74) is 4.19. The molecule has 26 heavy (non-hydrogen) atoms. The molecule has 0 saturated heterocycles. The number of amides is 1. The molecule has 0 fully saturated rings. The summed E-state index contributed by atoms with van der Waals surface area (Å²) in [5, 5.41) is 4.03. The van der Waals surface area contributed by atoms with E-state index in [2.05, 4.69) is 42.4 Å². The first-order chi connectivity index (χ1) is 12.5. The van der Waals surface area contributed by atoms with Crippen molar-refractivity contribution in [3.63, 3.8) is 0 Å². The Balaban J connectivity index is 1.90. The molecule has 0 heterocycles. The maximum atomic E-state index is 11.9. The van der Waals surface area contributed by atoms with Gasteiger partial charge < -0.3 is 9.47 Å². The lowest BCUT2D eigenvalue weighted by atomic mass is 10.2. The fourth-order valence-electron chi connectivity index (χ4n) is 1.97. The minimum atomic E-state index is -0.366. The summed E-state index contributed by atoms with van der Waals surface area (Å²) in [5.74, 6) is 0.606. The Morgan fingerprint density at radius 3 is 2.65 bits per heavy atom. The van der Waals surface area contributed by atoms with Gasteiger partial charge in [0.1, 0.15) is 0 Å².